The lowest BCUT2D eigenvalue weighted by molar-refractivity contribution is -0.121. The molecule has 1 aliphatic heterocycles. The Bertz CT molecular complexity index is 961. The van der Waals surface area contributed by atoms with Crippen LogP contribution >= 0.6 is 11.6 Å². The molecule has 8 heteroatoms. The van der Waals surface area contributed by atoms with Crippen LogP contribution in [0.4, 0.5) is 9.18 Å². The molecule has 1 N–H and O–H groups in total. The van der Waals surface area contributed by atoms with Crippen LogP contribution in [0.15, 0.2) is 42.1 Å². The maximum Gasteiger partial charge on any atom is 0.328 e. The summed E-state index contributed by atoms with van der Waals surface area (Å²) in [5.41, 5.74) is 1.34. The number of amides is 3. The third kappa shape index (κ3) is 4.26. The number of nitrogens with one attached hydrogen (secondary N) is 1. The molecule has 1 fully saturated rings. The van der Waals surface area contributed by atoms with Crippen molar-refractivity contribution in [1.82, 2.24) is 10.2 Å². The molecule has 0 aliphatic carbocycles. The Morgan fingerprint density at radius 1 is 1.21 bits per heavy atom. The molecular formula is C20H18ClFN2O4. The number of hydrogen-bond acceptors (Lipinski definition) is 4. The minimum absolute atomic E-state index is 0.108. The average molecular weight is 405 g/mol. The first kappa shape index (κ1) is 19.7. The molecule has 0 bridgehead atoms. The molecule has 6 nitrogen and oxygen atoms in total. The number of benzene rings is 2. The van der Waals surface area contributed by atoms with Crippen molar-refractivity contribution in [3.8, 4) is 11.5 Å². The van der Waals surface area contributed by atoms with Gasteiger partial charge in [0, 0.05) is 7.05 Å². The Morgan fingerprint density at radius 3 is 2.64 bits per heavy atom. The minimum atomic E-state index is -0.498. The maximum absolute atomic E-state index is 13.3. The molecule has 146 valence electrons. The van der Waals surface area contributed by atoms with Crippen LogP contribution < -0.4 is 14.8 Å². The van der Waals surface area contributed by atoms with Crippen molar-refractivity contribution < 1.29 is 23.5 Å². The van der Waals surface area contributed by atoms with Gasteiger partial charge >= 0.3 is 6.03 Å². The third-order valence-electron chi connectivity index (χ3n) is 4.00. The molecule has 2 aromatic carbocycles. The first-order valence-corrected chi connectivity index (χ1v) is 8.91. The Labute approximate surface area is 166 Å². The molecular weight excluding hydrogens is 387 g/mol. The lowest BCUT2D eigenvalue weighted by atomic mass is 10.1. The van der Waals surface area contributed by atoms with Gasteiger partial charge in [0.2, 0.25) is 0 Å². The monoisotopic (exact) mass is 404 g/mol. The van der Waals surface area contributed by atoms with Gasteiger partial charge < -0.3 is 14.8 Å². The van der Waals surface area contributed by atoms with Gasteiger partial charge in [0.05, 0.1) is 11.6 Å². The van der Waals surface area contributed by atoms with Gasteiger partial charge in [-0.3, -0.25) is 9.69 Å². The summed E-state index contributed by atoms with van der Waals surface area (Å²) in [5.74, 6) is -0.102. The molecule has 0 saturated carbocycles. The number of imide groups is 1. The van der Waals surface area contributed by atoms with Crippen LogP contribution in [-0.4, -0.2) is 30.5 Å². The fourth-order valence-electron chi connectivity index (χ4n) is 2.65. The van der Waals surface area contributed by atoms with Crippen LogP contribution in [0.2, 0.25) is 5.02 Å². The Morgan fingerprint density at radius 2 is 2.00 bits per heavy atom. The van der Waals surface area contributed by atoms with E-state index in [0.717, 1.165) is 4.90 Å². The molecule has 0 atom stereocenters. The smallest absolute Gasteiger partial charge is 0.328 e. The van der Waals surface area contributed by atoms with Crippen molar-refractivity contribution >= 4 is 29.6 Å². The average Bonchev–Trinajstić information content (AvgIpc) is 2.88. The van der Waals surface area contributed by atoms with E-state index in [2.05, 4.69) is 5.32 Å². The second kappa shape index (κ2) is 8.31. The zero-order valence-electron chi connectivity index (χ0n) is 15.3. The van der Waals surface area contributed by atoms with Gasteiger partial charge in [0.25, 0.3) is 5.91 Å². The van der Waals surface area contributed by atoms with Crippen molar-refractivity contribution in [3.05, 3.63) is 64.1 Å². The summed E-state index contributed by atoms with van der Waals surface area (Å²) in [4.78, 5) is 24.6. The van der Waals surface area contributed by atoms with Gasteiger partial charge in [-0.15, -0.1) is 0 Å². The van der Waals surface area contributed by atoms with Crippen LogP contribution in [0.5, 0.6) is 11.5 Å². The number of nitrogens with zero attached hydrogens (tertiary/aromatic N) is 1. The lowest BCUT2D eigenvalue weighted by Gasteiger charge is -2.15. The number of hydrogen-bond donors (Lipinski definition) is 1. The highest BCUT2D eigenvalue weighted by Gasteiger charge is 2.30. The summed E-state index contributed by atoms with van der Waals surface area (Å²) in [5, 5.41) is 2.75. The number of carbonyl (C=O) groups is 2. The molecule has 0 unspecified atom stereocenters. The van der Waals surface area contributed by atoms with Gasteiger partial charge in [-0.1, -0.05) is 23.7 Å². The van der Waals surface area contributed by atoms with E-state index in [1.807, 2.05) is 6.92 Å². The van der Waals surface area contributed by atoms with Crippen molar-refractivity contribution in [2.45, 2.75) is 13.5 Å². The van der Waals surface area contributed by atoms with Crippen molar-refractivity contribution in [1.29, 1.82) is 0 Å². The van der Waals surface area contributed by atoms with E-state index in [-0.39, 0.29) is 23.1 Å². The summed E-state index contributed by atoms with van der Waals surface area (Å²) in [6.45, 7) is 2.29. The number of ether oxygens (including phenoxy) is 2. The number of urea groups is 1. The molecule has 0 aromatic heterocycles. The SMILES string of the molecule is CCOc1cc(/C=C2/NC(=O)N(C)C2=O)cc(Cl)c1OCc1cccc(F)c1. The number of rotatable bonds is 6. The fraction of sp³-hybridized carbons (Fsp3) is 0.200. The van der Waals surface area contributed by atoms with Gasteiger partial charge in [-0.05, 0) is 48.4 Å². The number of carbonyl (C=O) groups excluding carboxylic acids is 2. The van der Waals surface area contributed by atoms with E-state index in [4.69, 9.17) is 21.1 Å². The molecule has 1 aliphatic rings. The van der Waals surface area contributed by atoms with E-state index in [1.54, 1.807) is 24.3 Å². The first-order chi connectivity index (χ1) is 13.4. The summed E-state index contributed by atoms with van der Waals surface area (Å²) >= 11 is 6.36. The van der Waals surface area contributed by atoms with E-state index < -0.39 is 11.9 Å². The molecule has 1 saturated heterocycles. The standard InChI is InChI=1S/C20H18ClFN2O4/c1-3-27-17-10-13(9-16-19(25)24(2)20(26)23-16)8-15(21)18(17)28-11-12-5-4-6-14(22)7-12/h4-10H,3,11H2,1-2H3,(H,23,26)/b16-9+. The van der Waals surface area contributed by atoms with E-state index in [0.29, 0.717) is 29.2 Å². The molecule has 3 amide bonds. The van der Waals surface area contributed by atoms with Gasteiger partial charge in [-0.2, -0.15) is 0 Å². The van der Waals surface area contributed by atoms with E-state index in [9.17, 15) is 14.0 Å². The predicted octanol–water partition coefficient (Wildman–Crippen LogP) is 3.98. The van der Waals surface area contributed by atoms with Crippen molar-refractivity contribution in [2.75, 3.05) is 13.7 Å². The molecule has 2 aromatic rings. The van der Waals surface area contributed by atoms with Crippen LogP contribution in [0, 0.1) is 5.82 Å². The van der Waals surface area contributed by atoms with E-state index in [1.165, 1.54) is 25.3 Å². The topological polar surface area (TPSA) is 67.9 Å². The molecule has 0 radical (unpaired) electrons. The summed E-state index contributed by atoms with van der Waals surface area (Å²) < 4.78 is 24.7. The van der Waals surface area contributed by atoms with E-state index >= 15 is 0 Å². The van der Waals surface area contributed by atoms with Gasteiger partial charge in [-0.25, -0.2) is 9.18 Å². The minimum Gasteiger partial charge on any atom is -0.490 e. The lowest BCUT2D eigenvalue weighted by Crippen LogP contribution is -2.25. The normalized spacial score (nSPS) is 15.1. The zero-order valence-corrected chi connectivity index (χ0v) is 16.0. The second-order valence-electron chi connectivity index (χ2n) is 6.03. The second-order valence-corrected chi connectivity index (χ2v) is 6.44. The molecule has 28 heavy (non-hydrogen) atoms. The van der Waals surface area contributed by atoms with Gasteiger partial charge in [0.15, 0.2) is 11.5 Å². The highest BCUT2D eigenvalue weighted by Crippen LogP contribution is 2.38. The highest BCUT2D eigenvalue weighted by molar-refractivity contribution is 6.32. The van der Waals surface area contributed by atoms with Crippen LogP contribution in [0.3, 0.4) is 0 Å². The first-order valence-electron chi connectivity index (χ1n) is 8.53. The summed E-state index contributed by atoms with van der Waals surface area (Å²) in [6, 6.07) is 8.81. The fourth-order valence-corrected chi connectivity index (χ4v) is 2.92. The Kier molecular flexibility index (Phi) is 5.84. The van der Waals surface area contributed by atoms with Gasteiger partial charge in [0.1, 0.15) is 18.1 Å². The van der Waals surface area contributed by atoms with Crippen molar-refractivity contribution in [3.63, 3.8) is 0 Å². The van der Waals surface area contributed by atoms with Crippen LogP contribution in [-0.2, 0) is 11.4 Å². The van der Waals surface area contributed by atoms with Crippen LogP contribution in [0.25, 0.3) is 6.08 Å². The highest BCUT2D eigenvalue weighted by atomic mass is 35.5. The Hall–Kier alpha value is -3.06. The largest absolute Gasteiger partial charge is 0.490 e. The third-order valence-corrected chi connectivity index (χ3v) is 4.28. The molecule has 1 heterocycles. The Balaban J connectivity index is 1.88. The summed E-state index contributed by atoms with van der Waals surface area (Å²) in [6.07, 6.45) is 1.51. The number of halogens is 2. The predicted molar refractivity (Wildman–Crippen MR) is 103 cm³/mol. The molecule has 0 spiro atoms. The molecule has 3 rings (SSSR count). The quantitative estimate of drug-likeness (QED) is 0.584. The summed E-state index contributed by atoms with van der Waals surface area (Å²) in [7, 11) is 1.39. The van der Waals surface area contributed by atoms with Crippen LogP contribution in [0.1, 0.15) is 18.1 Å². The maximum atomic E-state index is 13.3. The number of likely N-dealkylation sites (N-methyl/N-ethyl adjacent to an activating group) is 1. The van der Waals surface area contributed by atoms with Crippen molar-refractivity contribution in [2.24, 2.45) is 0 Å². The zero-order chi connectivity index (χ0) is 20.3.